The zero-order valence-electron chi connectivity index (χ0n) is 16.0. The average Bonchev–Trinajstić information content (AvgIpc) is 2.59. The summed E-state index contributed by atoms with van der Waals surface area (Å²) in [4.78, 5) is 6.56. The lowest BCUT2D eigenvalue weighted by Gasteiger charge is -2.40. The summed E-state index contributed by atoms with van der Waals surface area (Å²) in [7, 11) is 1.99. The lowest BCUT2D eigenvalue weighted by Crippen LogP contribution is -2.42. The maximum Gasteiger partial charge on any atom is 0.144 e. The molecule has 26 heavy (non-hydrogen) atoms. The van der Waals surface area contributed by atoms with Crippen molar-refractivity contribution in [1.82, 2.24) is 0 Å². The zero-order chi connectivity index (χ0) is 18.9. The molecular formula is C22H25FN2O. The normalized spacial score (nSPS) is 15.8. The van der Waals surface area contributed by atoms with Crippen LogP contribution in [0, 0.1) is 5.82 Å². The van der Waals surface area contributed by atoms with Crippen molar-refractivity contribution < 1.29 is 9.13 Å². The Morgan fingerprint density at radius 3 is 2.69 bits per heavy atom. The van der Waals surface area contributed by atoms with Crippen molar-refractivity contribution in [2.75, 3.05) is 18.6 Å². The first kappa shape index (κ1) is 18.2. The number of anilines is 1. The van der Waals surface area contributed by atoms with Crippen molar-refractivity contribution in [3.63, 3.8) is 0 Å². The van der Waals surface area contributed by atoms with E-state index in [1.807, 2.05) is 44.3 Å². The van der Waals surface area contributed by atoms with Crippen molar-refractivity contribution >= 4 is 23.2 Å². The minimum atomic E-state index is -0.279. The number of halogens is 1. The predicted molar refractivity (Wildman–Crippen MR) is 107 cm³/mol. The van der Waals surface area contributed by atoms with Gasteiger partial charge in [-0.05, 0) is 57.5 Å². The summed E-state index contributed by atoms with van der Waals surface area (Å²) in [5, 5.41) is 0. The molecule has 2 aromatic carbocycles. The Hall–Kier alpha value is -2.62. The van der Waals surface area contributed by atoms with E-state index >= 15 is 0 Å². The van der Waals surface area contributed by atoms with E-state index in [0.29, 0.717) is 23.6 Å². The van der Waals surface area contributed by atoms with E-state index in [9.17, 15) is 4.39 Å². The first-order chi connectivity index (χ1) is 12.3. The van der Waals surface area contributed by atoms with Crippen molar-refractivity contribution in [3.05, 3.63) is 59.4 Å². The summed E-state index contributed by atoms with van der Waals surface area (Å²) in [6.45, 7) is 8.80. The Labute approximate surface area is 154 Å². The van der Waals surface area contributed by atoms with E-state index < -0.39 is 0 Å². The van der Waals surface area contributed by atoms with E-state index in [-0.39, 0.29) is 11.4 Å². The SMILES string of the molecule is CCOc1ccccc1N=Cc1cc2c(cc1F)N(C)C(C)(C)C=C2C. The summed E-state index contributed by atoms with van der Waals surface area (Å²) in [6.07, 6.45) is 3.78. The van der Waals surface area contributed by atoms with Crippen LogP contribution >= 0.6 is 0 Å². The highest BCUT2D eigenvalue weighted by Crippen LogP contribution is 2.39. The third kappa shape index (κ3) is 3.36. The molecule has 0 fully saturated rings. The number of hydrogen-bond donors (Lipinski definition) is 0. The van der Waals surface area contributed by atoms with Gasteiger partial charge in [0, 0.05) is 30.1 Å². The number of rotatable bonds is 4. The quantitative estimate of drug-likeness (QED) is 0.669. The minimum Gasteiger partial charge on any atom is -0.492 e. The lowest BCUT2D eigenvalue weighted by molar-refractivity contribution is 0.341. The highest BCUT2D eigenvalue weighted by molar-refractivity contribution is 5.89. The van der Waals surface area contributed by atoms with E-state index in [1.165, 1.54) is 0 Å². The fraction of sp³-hybridized carbons (Fsp3) is 0.318. The Morgan fingerprint density at radius 2 is 1.96 bits per heavy atom. The van der Waals surface area contributed by atoms with Gasteiger partial charge in [0.15, 0.2) is 0 Å². The summed E-state index contributed by atoms with van der Waals surface area (Å²) in [5.74, 6) is 0.418. The summed E-state index contributed by atoms with van der Waals surface area (Å²) >= 11 is 0. The topological polar surface area (TPSA) is 24.8 Å². The molecule has 0 bridgehead atoms. The fourth-order valence-electron chi connectivity index (χ4n) is 3.27. The van der Waals surface area contributed by atoms with Gasteiger partial charge in [-0.3, -0.25) is 4.99 Å². The highest BCUT2D eigenvalue weighted by Gasteiger charge is 2.29. The Morgan fingerprint density at radius 1 is 1.23 bits per heavy atom. The van der Waals surface area contributed by atoms with E-state index in [4.69, 9.17) is 4.74 Å². The van der Waals surface area contributed by atoms with Gasteiger partial charge in [0.1, 0.15) is 17.3 Å². The van der Waals surface area contributed by atoms with E-state index in [2.05, 4.69) is 36.7 Å². The Bertz CT molecular complexity index is 884. The van der Waals surface area contributed by atoms with Gasteiger partial charge < -0.3 is 9.64 Å². The predicted octanol–water partition coefficient (Wildman–Crippen LogP) is 5.61. The van der Waals surface area contributed by atoms with Crippen LogP contribution < -0.4 is 9.64 Å². The lowest BCUT2D eigenvalue weighted by atomic mass is 9.88. The molecule has 4 heteroatoms. The second kappa shape index (κ2) is 6.94. The van der Waals surface area contributed by atoms with Crippen LogP contribution in [0.1, 0.15) is 38.8 Å². The third-order valence-electron chi connectivity index (χ3n) is 4.84. The second-order valence-corrected chi connectivity index (χ2v) is 7.09. The molecule has 0 saturated carbocycles. The number of nitrogens with zero attached hydrogens (tertiary/aromatic N) is 2. The number of likely N-dealkylation sites (N-methyl/N-ethyl adjacent to an activating group) is 1. The molecule has 3 nitrogen and oxygen atoms in total. The molecule has 0 spiro atoms. The minimum absolute atomic E-state index is 0.143. The number of para-hydroxylation sites is 2. The largest absolute Gasteiger partial charge is 0.492 e. The van der Waals surface area contributed by atoms with Crippen LogP contribution in [-0.4, -0.2) is 25.4 Å². The molecule has 0 aromatic heterocycles. The van der Waals surface area contributed by atoms with Crippen LogP contribution in [0.4, 0.5) is 15.8 Å². The van der Waals surface area contributed by atoms with Gasteiger partial charge in [0.05, 0.1) is 12.1 Å². The average molecular weight is 352 g/mol. The van der Waals surface area contributed by atoms with Crippen molar-refractivity contribution in [2.24, 2.45) is 4.99 Å². The van der Waals surface area contributed by atoms with Crippen LogP contribution in [0.15, 0.2) is 47.5 Å². The third-order valence-corrected chi connectivity index (χ3v) is 4.84. The molecule has 0 N–H and O–H groups in total. The molecule has 0 atom stereocenters. The molecule has 0 aliphatic carbocycles. The zero-order valence-corrected chi connectivity index (χ0v) is 16.0. The molecule has 0 radical (unpaired) electrons. The molecule has 3 rings (SSSR count). The number of fused-ring (bicyclic) bond motifs is 1. The summed E-state index contributed by atoms with van der Waals surface area (Å²) in [6, 6.07) is 11.0. The van der Waals surface area contributed by atoms with Crippen molar-refractivity contribution in [3.8, 4) is 5.75 Å². The van der Waals surface area contributed by atoms with Gasteiger partial charge in [0.25, 0.3) is 0 Å². The highest BCUT2D eigenvalue weighted by atomic mass is 19.1. The first-order valence-electron chi connectivity index (χ1n) is 8.86. The van der Waals surface area contributed by atoms with Gasteiger partial charge in [-0.25, -0.2) is 4.39 Å². The molecule has 1 aliphatic rings. The van der Waals surface area contributed by atoms with Crippen molar-refractivity contribution in [2.45, 2.75) is 33.2 Å². The molecule has 0 unspecified atom stereocenters. The van der Waals surface area contributed by atoms with E-state index in [1.54, 1.807) is 12.3 Å². The standard InChI is InChI=1S/C22H25FN2O/c1-6-26-21-10-8-7-9-19(21)24-14-16-11-17-15(2)13-22(3,4)25(5)20(17)12-18(16)23/h7-14H,6H2,1-5H3. The maximum atomic E-state index is 14.7. The Balaban J connectivity index is 2.00. The number of aliphatic imine (C=N–C) groups is 1. The molecule has 2 aromatic rings. The van der Waals surface area contributed by atoms with E-state index in [0.717, 1.165) is 16.8 Å². The molecule has 1 aliphatic heterocycles. The van der Waals surface area contributed by atoms with Gasteiger partial charge >= 0.3 is 0 Å². The van der Waals surface area contributed by atoms with Gasteiger partial charge in [-0.2, -0.15) is 0 Å². The van der Waals surface area contributed by atoms with Crippen LogP contribution in [-0.2, 0) is 0 Å². The van der Waals surface area contributed by atoms with Crippen molar-refractivity contribution in [1.29, 1.82) is 0 Å². The number of allylic oxidation sites excluding steroid dienone is 1. The first-order valence-corrected chi connectivity index (χ1v) is 8.86. The fourth-order valence-corrected chi connectivity index (χ4v) is 3.27. The van der Waals surface area contributed by atoms with Gasteiger partial charge in [-0.1, -0.05) is 18.2 Å². The molecule has 136 valence electrons. The monoisotopic (exact) mass is 352 g/mol. The molecule has 0 saturated heterocycles. The number of hydrogen-bond acceptors (Lipinski definition) is 3. The number of benzene rings is 2. The van der Waals surface area contributed by atoms with Gasteiger partial charge in [0.2, 0.25) is 0 Å². The second-order valence-electron chi connectivity index (χ2n) is 7.09. The maximum absolute atomic E-state index is 14.7. The molecule has 0 amide bonds. The van der Waals surface area contributed by atoms with Crippen LogP contribution in [0.5, 0.6) is 5.75 Å². The van der Waals surface area contributed by atoms with Gasteiger partial charge in [-0.15, -0.1) is 0 Å². The molecule has 1 heterocycles. The Kier molecular flexibility index (Phi) is 4.86. The van der Waals surface area contributed by atoms with Crippen LogP contribution in [0.3, 0.4) is 0 Å². The molecular weight excluding hydrogens is 327 g/mol. The number of ether oxygens (including phenoxy) is 1. The summed E-state index contributed by atoms with van der Waals surface area (Å²) in [5.41, 5.74) is 4.10. The summed E-state index contributed by atoms with van der Waals surface area (Å²) < 4.78 is 20.3. The van der Waals surface area contributed by atoms with Crippen LogP contribution in [0.25, 0.3) is 5.57 Å². The van der Waals surface area contributed by atoms with Crippen LogP contribution in [0.2, 0.25) is 0 Å². The smallest absolute Gasteiger partial charge is 0.144 e.